The minimum atomic E-state index is -1.78. The maximum Gasteiger partial charge on any atom is 0.236 e. The number of hydrogen-bond donors (Lipinski definition) is 0. The fourth-order valence-corrected chi connectivity index (χ4v) is 5.45. The fraction of sp³-hybridized carbons (Fsp3) is 0.346. The number of ketones is 2. The number of ether oxygens (including phenoxy) is 5. The summed E-state index contributed by atoms with van der Waals surface area (Å²) in [4.78, 5) is 32.9. The average molecular weight is 498 g/mol. The summed E-state index contributed by atoms with van der Waals surface area (Å²) in [5.41, 5.74) is 0.686. The second-order valence-corrected chi connectivity index (χ2v) is 9.06. The first kappa shape index (κ1) is 23.2. The number of hydrogen-bond acceptors (Lipinski definition) is 8. The summed E-state index contributed by atoms with van der Waals surface area (Å²) >= 11 is 6.51. The zero-order valence-corrected chi connectivity index (χ0v) is 21.0. The number of Topliss-reactive ketones (excluding diaryl/α,β-unsaturated/α-hetero) is 2. The van der Waals surface area contributed by atoms with Crippen LogP contribution in [0.5, 0.6) is 28.7 Å². The Balaban J connectivity index is 1.73. The van der Waals surface area contributed by atoms with Gasteiger partial charge in [0.05, 0.1) is 39.6 Å². The highest BCUT2D eigenvalue weighted by atomic mass is 35.5. The van der Waals surface area contributed by atoms with Crippen LogP contribution in [0, 0.1) is 12.8 Å². The second kappa shape index (κ2) is 8.02. The van der Waals surface area contributed by atoms with Gasteiger partial charge in [-0.1, -0.05) is 18.5 Å². The van der Waals surface area contributed by atoms with Crippen molar-refractivity contribution in [3.05, 3.63) is 45.6 Å². The molecule has 0 fully saturated rings. The van der Waals surface area contributed by atoms with Crippen molar-refractivity contribution in [2.24, 2.45) is 5.92 Å². The van der Waals surface area contributed by atoms with Crippen LogP contribution in [0.1, 0.15) is 38.9 Å². The molecule has 35 heavy (non-hydrogen) atoms. The third kappa shape index (κ3) is 2.95. The normalized spacial score (nSPS) is 20.5. The monoisotopic (exact) mass is 497 g/mol. The number of carbonyl (C=O) groups excluding carboxylic acids is 2. The zero-order valence-electron chi connectivity index (χ0n) is 20.2. The molecular weight excluding hydrogens is 474 g/mol. The molecule has 3 aromatic rings. The molecule has 0 unspecified atom stereocenters. The van der Waals surface area contributed by atoms with E-state index in [1.54, 1.807) is 33.3 Å². The first-order chi connectivity index (χ1) is 16.7. The van der Waals surface area contributed by atoms with Crippen molar-refractivity contribution in [2.45, 2.75) is 25.9 Å². The molecule has 0 saturated heterocycles. The molecule has 0 amide bonds. The zero-order chi connectivity index (χ0) is 25.2. The number of aromatic nitrogens is 1. The molecule has 0 saturated carbocycles. The van der Waals surface area contributed by atoms with Gasteiger partial charge in [-0.2, -0.15) is 0 Å². The van der Waals surface area contributed by atoms with E-state index in [9.17, 15) is 9.59 Å². The van der Waals surface area contributed by atoms with Gasteiger partial charge in [0, 0.05) is 29.0 Å². The van der Waals surface area contributed by atoms with E-state index in [2.05, 4.69) is 0 Å². The van der Waals surface area contributed by atoms with Gasteiger partial charge in [-0.3, -0.25) is 14.6 Å². The van der Waals surface area contributed by atoms with Gasteiger partial charge in [-0.25, -0.2) is 0 Å². The predicted molar refractivity (Wildman–Crippen MR) is 129 cm³/mol. The lowest BCUT2D eigenvalue weighted by Gasteiger charge is -2.37. The standard InChI is InChI=1S/C26H24ClNO7/c1-11-7-15-20(12(2)13-8-16(31-3)17(32-4)9-14(13)28-15)24(29)26(11)25(30)21-18(33-5)10-19(34-6)22(27)23(21)35-26/h8-11H,7H2,1-6H3/t11-,26+/m1/s1. The van der Waals surface area contributed by atoms with Crippen LogP contribution in [0.2, 0.25) is 5.02 Å². The first-order valence-corrected chi connectivity index (χ1v) is 11.4. The molecule has 1 aromatic heterocycles. The van der Waals surface area contributed by atoms with Crippen LogP contribution in [-0.2, 0) is 6.42 Å². The number of methoxy groups -OCH3 is 4. The predicted octanol–water partition coefficient (Wildman–Crippen LogP) is 4.62. The van der Waals surface area contributed by atoms with Crippen LogP contribution in [0.4, 0.5) is 0 Å². The molecular formula is C26H24ClNO7. The molecule has 2 aliphatic rings. The van der Waals surface area contributed by atoms with E-state index < -0.39 is 23.1 Å². The number of benzene rings is 2. The Morgan fingerprint density at radius 2 is 1.51 bits per heavy atom. The van der Waals surface area contributed by atoms with Gasteiger partial charge in [0.25, 0.3) is 0 Å². The van der Waals surface area contributed by atoms with Crippen molar-refractivity contribution in [2.75, 3.05) is 28.4 Å². The van der Waals surface area contributed by atoms with Crippen molar-refractivity contribution in [3.8, 4) is 28.7 Å². The summed E-state index contributed by atoms with van der Waals surface area (Å²) < 4.78 is 27.9. The van der Waals surface area contributed by atoms with E-state index >= 15 is 0 Å². The van der Waals surface area contributed by atoms with Crippen LogP contribution in [0.15, 0.2) is 18.2 Å². The Kier molecular flexibility index (Phi) is 5.32. The van der Waals surface area contributed by atoms with E-state index in [1.807, 2.05) is 6.92 Å². The van der Waals surface area contributed by atoms with Crippen LogP contribution in [-0.4, -0.2) is 50.6 Å². The van der Waals surface area contributed by atoms with E-state index in [4.69, 9.17) is 40.3 Å². The Labute approximate surface area is 207 Å². The van der Waals surface area contributed by atoms with Gasteiger partial charge in [-0.05, 0) is 25.0 Å². The lowest BCUT2D eigenvalue weighted by Crippen LogP contribution is -2.57. The minimum Gasteiger partial charge on any atom is -0.496 e. The molecule has 1 aliphatic carbocycles. The van der Waals surface area contributed by atoms with Gasteiger partial charge in [-0.15, -0.1) is 0 Å². The topological polar surface area (TPSA) is 93.2 Å². The van der Waals surface area contributed by atoms with Gasteiger partial charge < -0.3 is 23.7 Å². The molecule has 182 valence electrons. The van der Waals surface area contributed by atoms with Crippen LogP contribution >= 0.6 is 11.6 Å². The molecule has 9 heteroatoms. The molecule has 8 nitrogen and oxygen atoms in total. The summed E-state index contributed by atoms with van der Waals surface area (Å²) in [6, 6.07) is 5.09. The average Bonchev–Trinajstić information content (AvgIpc) is 3.17. The number of rotatable bonds is 4. The van der Waals surface area contributed by atoms with Crippen molar-refractivity contribution in [3.63, 3.8) is 0 Å². The number of aryl methyl sites for hydroxylation is 1. The number of halogens is 1. The van der Waals surface area contributed by atoms with Gasteiger partial charge >= 0.3 is 0 Å². The van der Waals surface area contributed by atoms with Crippen LogP contribution < -0.4 is 23.7 Å². The molecule has 5 rings (SSSR count). The SMILES string of the molecule is COc1cc2nc3c(c(C)c2cc1OC)C(=O)[C@@]1(Oc2c(Cl)c(OC)cc(OC)c2C1=O)[C@H](C)C3. The summed E-state index contributed by atoms with van der Waals surface area (Å²) in [6.07, 6.45) is 0.350. The number of pyridine rings is 1. The van der Waals surface area contributed by atoms with Gasteiger partial charge in [0.1, 0.15) is 22.1 Å². The summed E-state index contributed by atoms with van der Waals surface area (Å²) in [5.74, 6) is 0.217. The van der Waals surface area contributed by atoms with Crippen molar-refractivity contribution in [1.29, 1.82) is 0 Å². The molecule has 0 radical (unpaired) electrons. The van der Waals surface area contributed by atoms with Crippen molar-refractivity contribution >= 4 is 34.1 Å². The quantitative estimate of drug-likeness (QED) is 0.482. The third-order valence-electron chi connectivity index (χ3n) is 7.00. The highest BCUT2D eigenvalue weighted by Gasteiger charge is 2.62. The number of fused-ring (bicyclic) bond motifs is 3. The summed E-state index contributed by atoms with van der Waals surface area (Å²) in [6.45, 7) is 3.64. The summed E-state index contributed by atoms with van der Waals surface area (Å²) in [7, 11) is 5.98. The largest absolute Gasteiger partial charge is 0.496 e. The minimum absolute atomic E-state index is 0.0920. The van der Waals surface area contributed by atoms with Gasteiger partial charge in [0.15, 0.2) is 17.2 Å². The van der Waals surface area contributed by atoms with E-state index in [1.165, 1.54) is 20.3 Å². The molecule has 0 bridgehead atoms. The highest BCUT2D eigenvalue weighted by molar-refractivity contribution is 6.36. The highest BCUT2D eigenvalue weighted by Crippen LogP contribution is 2.54. The molecule has 1 aliphatic heterocycles. The molecule has 2 atom stereocenters. The van der Waals surface area contributed by atoms with E-state index in [-0.39, 0.29) is 27.8 Å². The van der Waals surface area contributed by atoms with E-state index in [0.29, 0.717) is 40.3 Å². The lowest BCUT2D eigenvalue weighted by atomic mass is 9.70. The maximum absolute atomic E-state index is 14.2. The van der Waals surface area contributed by atoms with Crippen LogP contribution in [0.3, 0.4) is 0 Å². The number of nitrogens with zero attached hydrogens (tertiary/aromatic N) is 1. The fourth-order valence-electron chi connectivity index (χ4n) is 5.18. The number of carbonyl (C=O) groups is 2. The second-order valence-electron chi connectivity index (χ2n) is 8.68. The molecule has 1 spiro atoms. The first-order valence-electron chi connectivity index (χ1n) is 11.0. The van der Waals surface area contributed by atoms with Crippen molar-refractivity contribution in [1.82, 2.24) is 4.98 Å². The molecule has 2 heterocycles. The Morgan fingerprint density at radius 3 is 2.14 bits per heavy atom. The smallest absolute Gasteiger partial charge is 0.236 e. The summed E-state index contributed by atoms with van der Waals surface area (Å²) in [5, 5.41) is 0.837. The maximum atomic E-state index is 14.2. The van der Waals surface area contributed by atoms with Gasteiger partial charge in [0.2, 0.25) is 17.2 Å². The van der Waals surface area contributed by atoms with E-state index in [0.717, 1.165) is 5.39 Å². The van der Waals surface area contributed by atoms with Crippen molar-refractivity contribution < 1.29 is 33.3 Å². The molecule has 2 aromatic carbocycles. The molecule has 0 N–H and O–H groups in total. The Hall–Kier alpha value is -3.52. The van der Waals surface area contributed by atoms with Crippen LogP contribution in [0.25, 0.3) is 10.9 Å². The lowest BCUT2D eigenvalue weighted by molar-refractivity contribution is 0.0256. The Bertz CT molecular complexity index is 1430. The third-order valence-corrected chi connectivity index (χ3v) is 7.36. The Morgan fingerprint density at radius 1 is 0.914 bits per heavy atom.